The van der Waals surface area contributed by atoms with Crippen molar-refractivity contribution in [1.29, 1.82) is 0 Å². The van der Waals surface area contributed by atoms with Crippen LogP contribution in [0.2, 0.25) is 0 Å². The number of benzene rings is 3. The number of fused-ring (bicyclic) bond motifs is 1. The van der Waals surface area contributed by atoms with Crippen LogP contribution in [0.1, 0.15) is 20.9 Å². The molecular formula is C22H18N2O2S. The van der Waals surface area contributed by atoms with Crippen LogP contribution in [0.5, 0.6) is 5.75 Å². The minimum Gasteiger partial charge on any atom is -0.489 e. The maximum absolute atomic E-state index is 12.3. The van der Waals surface area contributed by atoms with Crippen molar-refractivity contribution in [1.82, 2.24) is 10.3 Å². The average Bonchev–Trinajstić information content (AvgIpc) is 3.15. The smallest absolute Gasteiger partial charge is 0.251 e. The van der Waals surface area contributed by atoms with Crippen LogP contribution < -0.4 is 10.1 Å². The highest BCUT2D eigenvalue weighted by atomic mass is 32.1. The third-order valence-corrected chi connectivity index (χ3v) is 5.14. The first kappa shape index (κ1) is 17.2. The number of carbonyl (C=O) groups is 1. The summed E-state index contributed by atoms with van der Waals surface area (Å²) in [5.74, 6) is 0.616. The molecule has 134 valence electrons. The summed E-state index contributed by atoms with van der Waals surface area (Å²) in [7, 11) is 0. The minimum atomic E-state index is -0.121. The number of ether oxygens (including phenoxy) is 1. The van der Waals surface area contributed by atoms with Crippen molar-refractivity contribution in [3.05, 3.63) is 95.0 Å². The molecule has 0 unspecified atom stereocenters. The molecule has 4 rings (SSSR count). The van der Waals surface area contributed by atoms with Gasteiger partial charge < -0.3 is 10.1 Å². The highest BCUT2D eigenvalue weighted by Gasteiger charge is 2.08. The lowest BCUT2D eigenvalue weighted by Crippen LogP contribution is -2.22. The van der Waals surface area contributed by atoms with Gasteiger partial charge in [-0.05, 0) is 42.0 Å². The lowest BCUT2D eigenvalue weighted by molar-refractivity contribution is 0.0951. The van der Waals surface area contributed by atoms with Crippen molar-refractivity contribution in [2.75, 3.05) is 0 Å². The van der Waals surface area contributed by atoms with Gasteiger partial charge in [-0.2, -0.15) is 0 Å². The summed E-state index contributed by atoms with van der Waals surface area (Å²) in [6.45, 7) is 0.925. The number of hydrogen-bond donors (Lipinski definition) is 1. The van der Waals surface area contributed by atoms with E-state index in [4.69, 9.17) is 4.74 Å². The minimum absolute atomic E-state index is 0.121. The number of nitrogens with one attached hydrogen (secondary N) is 1. The molecule has 1 amide bonds. The van der Waals surface area contributed by atoms with E-state index in [1.165, 1.54) is 0 Å². The third-order valence-electron chi connectivity index (χ3n) is 4.10. The van der Waals surface area contributed by atoms with Crippen molar-refractivity contribution in [3.8, 4) is 5.75 Å². The Morgan fingerprint density at radius 1 is 0.926 bits per heavy atom. The Hall–Kier alpha value is -3.18. The van der Waals surface area contributed by atoms with Gasteiger partial charge in [-0.25, -0.2) is 4.98 Å². The number of aromatic nitrogens is 1. The van der Waals surface area contributed by atoms with Gasteiger partial charge in [0.1, 0.15) is 17.4 Å². The van der Waals surface area contributed by atoms with E-state index in [2.05, 4.69) is 10.3 Å². The van der Waals surface area contributed by atoms with Crippen LogP contribution in [0, 0.1) is 0 Å². The van der Waals surface area contributed by atoms with Gasteiger partial charge in [-0.3, -0.25) is 4.79 Å². The van der Waals surface area contributed by atoms with Gasteiger partial charge in [0, 0.05) is 5.56 Å². The van der Waals surface area contributed by atoms with Crippen molar-refractivity contribution in [3.63, 3.8) is 0 Å². The van der Waals surface area contributed by atoms with E-state index in [1.54, 1.807) is 23.5 Å². The van der Waals surface area contributed by atoms with E-state index in [0.29, 0.717) is 18.7 Å². The van der Waals surface area contributed by atoms with E-state index in [0.717, 1.165) is 26.5 Å². The molecule has 0 atom stereocenters. The van der Waals surface area contributed by atoms with Crippen molar-refractivity contribution in [2.45, 2.75) is 13.2 Å². The lowest BCUT2D eigenvalue weighted by atomic mass is 10.2. The highest BCUT2D eigenvalue weighted by Crippen LogP contribution is 2.21. The van der Waals surface area contributed by atoms with E-state index in [1.807, 2.05) is 66.7 Å². The predicted octanol–water partition coefficient (Wildman–Crippen LogP) is 4.81. The van der Waals surface area contributed by atoms with Gasteiger partial charge in [0.05, 0.1) is 16.8 Å². The second kappa shape index (κ2) is 8.01. The van der Waals surface area contributed by atoms with E-state index in [9.17, 15) is 4.79 Å². The molecule has 0 saturated carbocycles. The summed E-state index contributed by atoms with van der Waals surface area (Å²) in [5.41, 5.74) is 2.67. The van der Waals surface area contributed by atoms with Gasteiger partial charge in [-0.1, -0.05) is 42.5 Å². The fourth-order valence-corrected chi connectivity index (χ4v) is 3.60. The summed E-state index contributed by atoms with van der Waals surface area (Å²) >= 11 is 1.60. The van der Waals surface area contributed by atoms with Gasteiger partial charge in [0.2, 0.25) is 0 Å². The predicted molar refractivity (Wildman–Crippen MR) is 108 cm³/mol. The third kappa shape index (κ3) is 4.33. The fourth-order valence-electron chi connectivity index (χ4n) is 2.70. The van der Waals surface area contributed by atoms with Crippen LogP contribution in [0.3, 0.4) is 0 Å². The molecule has 0 saturated heterocycles. The number of thiazole rings is 1. The monoisotopic (exact) mass is 374 g/mol. The Kier molecular flexibility index (Phi) is 5.12. The molecule has 4 aromatic rings. The molecule has 0 aliphatic rings. The number of para-hydroxylation sites is 1. The van der Waals surface area contributed by atoms with Crippen LogP contribution in [-0.4, -0.2) is 10.9 Å². The molecule has 1 heterocycles. The maximum Gasteiger partial charge on any atom is 0.251 e. The number of rotatable bonds is 6. The zero-order valence-corrected chi connectivity index (χ0v) is 15.4. The molecule has 1 N–H and O–H groups in total. The molecule has 1 aromatic heterocycles. The standard InChI is InChI=1S/C22H18N2O2S/c25-22(23-14-21-24-19-8-4-5-9-20(19)27-21)17-10-12-18(13-11-17)26-15-16-6-2-1-3-7-16/h1-13H,14-15H2,(H,23,25). The molecule has 0 fully saturated rings. The van der Waals surface area contributed by atoms with E-state index >= 15 is 0 Å². The zero-order chi connectivity index (χ0) is 18.5. The highest BCUT2D eigenvalue weighted by molar-refractivity contribution is 7.18. The van der Waals surface area contributed by atoms with Crippen LogP contribution >= 0.6 is 11.3 Å². The Bertz CT molecular complexity index is 1010. The molecule has 0 aliphatic heterocycles. The van der Waals surface area contributed by atoms with E-state index < -0.39 is 0 Å². The molecule has 0 aliphatic carbocycles. The molecule has 3 aromatic carbocycles. The summed E-state index contributed by atoms with van der Waals surface area (Å²) < 4.78 is 6.88. The lowest BCUT2D eigenvalue weighted by Gasteiger charge is -2.07. The molecule has 4 nitrogen and oxygen atoms in total. The Balaban J connectivity index is 1.33. The Morgan fingerprint density at radius 2 is 1.67 bits per heavy atom. The molecule has 0 spiro atoms. The van der Waals surface area contributed by atoms with Gasteiger partial charge in [-0.15, -0.1) is 11.3 Å². The summed E-state index contributed by atoms with van der Waals surface area (Å²) in [6.07, 6.45) is 0. The summed E-state index contributed by atoms with van der Waals surface area (Å²) in [6, 6.07) is 25.1. The Morgan fingerprint density at radius 3 is 2.44 bits per heavy atom. The van der Waals surface area contributed by atoms with Crippen molar-refractivity contribution >= 4 is 27.5 Å². The first-order valence-corrected chi connectivity index (χ1v) is 9.49. The average molecular weight is 374 g/mol. The van der Waals surface area contributed by atoms with Crippen LogP contribution in [-0.2, 0) is 13.2 Å². The van der Waals surface area contributed by atoms with Gasteiger partial charge >= 0.3 is 0 Å². The topological polar surface area (TPSA) is 51.2 Å². The van der Waals surface area contributed by atoms with Crippen molar-refractivity contribution in [2.24, 2.45) is 0 Å². The molecule has 0 bridgehead atoms. The van der Waals surface area contributed by atoms with Crippen LogP contribution in [0.4, 0.5) is 0 Å². The SMILES string of the molecule is O=C(NCc1nc2ccccc2s1)c1ccc(OCc2ccccc2)cc1. The Labute approximate surface area is 161 Å². The summed E-state index contributed by atoms with van der Waals surface area (Å²) in [4.78, 5) is 16.9. The first-order valence-electron chi connectivity index (χ1n) is 8.67. The van der Waals surface area contributed by atoms with E-state index in [-0.39, 0.29) is 5.91 Å². The van der Waals surface area contributed by atoms with Crippen LogP contribution in [0.25, 0.3) is 10.2 Å². The quantitative estimate of drug-likeness (QED) is 0.527. The molecule has 5 heteroatoms. The largest absolute Gasteiger partial charge is 0.489 e. The normalized spacial score (nSPS) is 10.7. The molecule has 27 heavy (non-hydrogen) atoms. The molecule has 0 radical (unpaired) electrons. The second-order valence-electron chi connectivity index (χ2n) is 6.06. The fraction of sp³-hybridized carbons (Fsp3) is 0.0909. The first-order chi connectivity index (χ1) is 13.3. The second-order valence-corrected chi connectivity index (χ2v) is 7.17. The zero-order valence-electron chi connectivity index (χ0n) is 14.6. The van der Waals surface area contributed by atoms with Gasteiger partial charge in [0.15, 0.2) is 0 Å². The van der Waals surface area contributed by atoms with Crippen molar-refractivity contribution < 1.29 is 9.53 Å². The summed E-state index contributed by atoms with van der Waals surface area (Å²) in [5, 5.41) is 3.82. The number of amides is 1. The maximum atomic E-state index is 12.3. The number of carbonyl (C=O) groups excluding carboxylic acids is 1. The van der Waals surface area contributed by atoms with Gasteiger partial charge in [0.25, 0.3) is 5.91 Å². The molecular weight excluding hydrogens is 356 g/mol. The number of nitrogens with zero attached hydrogens (tertiary/aromatic N) is 1. The van der Waals surface area contributed by atoms with Crippen LogP contribution in [0.15, 0.2) is 78.9 Å². The number of hydrogen-bond acceptors (Lipinski definition) is 4.